The maximum Gasteiger partial charge on any atom is 0.325 e. The van der Waals surface area contributed by atoms with E-state index in [0.717, 1.165) is 4.90 Å². The molecule has 0 aliphatic carbocycles. The molecule has 0 spiro atoms. The molecular weight excluding hydrogens is 212 g/mol. The largest absolute Gasteiger partial charge is 0.480 e. The highest BCUT2D eigenvalue weighted by atomic mass is 16.4. The van der Waals surface area contributed by atoms with Gasteiger partial charge < -0.3 is 10.4 Å². The average Bonchev–Trinajstić information content (AvgIpc) is 2.27. The molecule has 2 N–H and O–H groups in total. The number of hydrogen-bond acceptors (Lipinski definition) is 3. The Morgan fingerprint density at radius 1 is 1.50 bits per heavy atom. The van der Waals surface area contributed by atoms with Crippen molar-refractivity contribution in [2.24, 2.45) is 5.92 Å². The molecule has 1 aliphatic heterocycles. The van der Waals surface area contributed by atoms with Crippen LogP contribution in [0.5, 0.6) is 0 Å². The van der Waals surface area contributed by atoms with Crippen LogP contribution < -0.4 is 5.32 Å². The van der Waals surface area contributed by atoms with Gasteiger partial charge in [-0.2, -0.15) is 0 Å². The minimum atomic E-state index is -1.20. The fourth-order valence-electron chi connectivity index (χ4n) is 1.98. The summed E-state index contributed by atoms with van der Waals surface area (Å²) >= 11 is 0. The van der Waals surface area contributed by atoms with Gasteiger partial charge in [0, 0.05) is 0 Å². The molecule has 0 aromatic rings. The van der Waals surface area contributed by atoms with E-state index in [1.165, 1.54) is 0 Å². The Kier molecular flexibility index (Phi) is 3.21. The molecule has 0 radical (unpaired) electrons. The lowest BCUT2D eigenvalue weighted by Gasteiger charge is -2.23. The molecule has 1 aliphatic rings. The summed E-state index contributed by atoms with van der Waals surface area (Å²) in [4.78, 5) is 34.6. The van der Waals surface area contributed by atoms with Gasteiger partial charge in [0.2, 0.25) is 0 Å². The monoisotopic (exact) mass is 228 g/mol. The minimum absolute atomic E-state index is 0.235. The SMILES string of the molecule is CC(C)C[C@@]1(C)NC(=O)N(CC(=O)O)C1=O. The molecule has 1 atom stereocenters. The number of urea groups is 1. The summed E-state index contributed by atoms with van der Waals surface area (Å²) < 4.78 is 0. The van der Waals surface area contributed by atoms with Crippen LogP contribution in [0.2, 0.25) is 0 Å². The number of carbonyl (C=O) groups excluding carboxylic acids is 2. The van der Waals surface area contributed by atoms with Crippen LogP contribution in [-0.4, -0.2) is 40.0 Å². The number of imide groups is 1. The van der Waals surface area contributed by atoms with Crippen molar-refractivity contribution in [3.8, 4) is 0 Å². The highest BCUT2D eigenvalue weighted by Crippen LogP contribution is 2.24. The van der Waals surface area contributed by atoms with Gasteiger partial charge in [-0.25, -0.2) is 4.79 Å². The van der Waals surface area contributed by atoms with E-state index < -0.39 is 30.0 Å². The van der Waals surface area contributed by atoms with Crippen molar-refractivity contribution in [3.05, 3.63) is 0 Å². The van der Waals surface area contributed by atoms with Crippen molar-refractivity contribution in [2.45, 2.75) is 32.7 Å². The van der Waals surface area contributed by atoms with Gasteiger partial charge in [-0.05, 0) is 19.3 Å². The molecule has 0 aromatic carbocycles. The number of carboxylic acids is 1. The molecule has 6 nitrogen and oxygen atoms in total. The Morgan fingerprint density at radius 3 is 2.50 bits per heavy atom. The van der Waals surface area contributed by atoms with Gasteiger partial charge in [0.15, 0.2) is 0 Å². The van der Waals surface area contributed by atoms with Crippen molar-refractivity contribution in [1.29, 1.82) is 0 Å². The number of amides is 3. The summed E-state index contributed by atoms with van der Waals surface area (Å²) in [6, 6.07) is -0.629. The Labute approximate surface area is 93.6 Å². The summed E-state index contributed by atoms with van der Waals surface area (Å²) in [5, 5.41) is 11.1. The molecule has 1 fully saturated rings. The highest BCUT2D eigenvalue weighted by molar-refractivity contribution is 6.08. The van der Waals surface area contributed by atoms with Crippen LogP contribution in [0.25, 0.3) is 0 Å². The zero-order valence-corrected chi connectivity index (χ0v) is 9.61. The van der Waals surface area contributed by atoms with Crippen molar-refractivity contribution in [2.75, 3.05) is 6.54 Å². The molecule has 6 heteroatoms. The van der Waals surface area contributed by atoms with E-state index >= 15 is 0 Å². The van der Waals surface area contributed by atoms with Gasteiger partial charge in [0.1, 0.15) is 12.1 Å². The Morgan fingerprint density at radius 2 is 2.06 bits per heavy atom. The molecular formula is C10H16N2O4. The summed E-state index contributed by atoms with van der Waals surface area (Å²) in [5.74, 6) is -1.43. The summed E-state index contributed by atoms with van der Waals surface area (Å²) in [7, 11) is 0. The number of nitrogens with one attached hydrogen (secondary N) is 1. The molecule has 0 bridgehead atoms. The molecule has 0 unspecified atom stereocenters. The van der Waals surface area contributed by atoms with Crippen LogP contribution in [0.1, 0.15) is 27.2 Å². The zero-order chi connectivity index (χ0) is 12.5. The number of carbonyl (C=O) groups is 3. The summed E-state index contributed by atoms with van der Waals surface area (Å²) in [6.45, 7) is 4.91. The lowest BCUT2D eigenvalue weighted by atomic mass is 9.91. The van der Waals surface area contributed by atoms with E-state index in [1.54, 1.807) is 6.92 Å². The van der Waals surface area contributed by atoms with E-state index in [9.17, 15) is 14.4 Å². The Bertz CT molecular complexity index is 340. The maximum absolute atomic E-state index is 11.9. The number of hydrogen-bond donors (Lipinski definition) is 2. The van der Waals surface area contributed by atoms with Crippen LogP contribution in [0.4, 0.5) is 4.79 Å². The standard InChI is InChI=1S/C10H16N2O4/c1-6(2)4-10(3)8(15)12(5-7(13)14)9(16)11-10/h6H,4-5H2,1-3H3,(H,11,16)(H,13,14)/t10-/m1/s1. The Balaban J connectivity index is 2.84. The van der Waals surface area contributed by atoms with Crippen LogP contribution in [0.15, 0.2) is 0 Å². The van der Waals surface area contributed by atoms with Gasteiger partial charge in [0.25, 0.3) is 5.91 Å². The van der Waals surface area contributed by atoms with E-state index in [2.05, 4.69) is 5.32 Å². The van der Waals surface area contributed by atoms with Crippen LogP contribution >= 0.6 is 0 Å². The van der Waals surface area contributed by atoms with Gasteiger partial charge in [-0.1, -0.05) is 13.8 Å². The number of rotatable bonds is 4. The second-order valence-corrected chi connectivity index (χ2v) is 4.65. The van der Waals surface area contributed by atoms with Crippen LogP contribution in [-0.2, 0) is 9.59 Å². The van der Waals surface area contributed by atoms with Crippen molar-refractivity contribution in [3.63, 3.8) is 0 Å². The van der Waals surface area contributed by atoms with Crippen molar-refractivity contribution < 1.29 is 19.5 Å². The molecule has 16 heavy (non-hydrogen) atoms. The maximum atomic E-state index is 11.9. The second kappa shape index (κ2) is 4.11. The quantitative estimate of drug-likeness (QED) is 0.683. The van der Waals surface area contributed by atoms with E-state index in [4.69, 9.17) is 5.11 Å². The van der Waals surface area contributed by atoms with Gasteiger partial charge in [-0.3, -0.25) is 14.5 Å². The summed E-state index contributed by atoms with van der Waals surface area (Å²) in [5.41, 5.74) is -0.972. The fraction of sp³-hybridized carbons (Fsp3) is 0.700. The number of aliphatic carboxylic acids is 1. The summed E-state index contributed by atoms with van der Waals surface area (Å²) in [6.07, 6.45) is 0.494. The van der Waals surface area contributed by atoms with Crippen LogP contribution in [0, 0.1) is 5.92 Å². The van der Waals surface area contributed by atoms with Crippen LogP contribution in [0.3, 0.4) is 0 Å². The molecule has 0 aromatic heterocycles. The lowest BCUT2D eigenvalue weighted by Crippen LogP contribution is -2.45. The molecule has 0 saturated carbocycles. The predicted octanol–water partition coefficient (Wildman–Crippen LogP) is 0.428. The fourth-order valence-corrected chi connectivity index (χ4v) is 1.98. The number of carboxylic acid groups (broad SMARTS) is 1. The molecule has 1 heterocycles. The molecule has 3 amide bonds. The van der Waals surface area contributed by atoms with Crippen molar-refractivity contribution in [1.82, 2.24) is 10.2 Å². The third kappa shape index (κ3) is 2.32. The van der Waals surface area contributed by atoms with E-state index in [1.807, 2.05) is 13.8 Å². The van der Waals surface area contributed by atoms with Crippen molar-refractivity contribution >= 4 is 17.9 Å². The third-order valence-electron chi connectivity index (χ3n) is 2.46. The average molecular weight is 228 g/mol. The first-order chi connectivity index (χ1) is 7.26. The Hall–Kier alpha value is -1.59. The molecule has 90 valence electrons. The normalized spacial score (nSPS) is 25.1. The first-order valence-electron chi connectivity index (χ1n) is 5.12. The molecule has 1 saturated heterocycles. The smallest absolute Gasteiger partial charge is 0.325 e. The van der Waals surface area contributed by atoms with Gasteiger partial charge in [0.05, 0.1) is 0 Å². The first-order valence-corrected chi connectivity index (χ1v) is 5.12. The first kappa shape index (κ1) is 12.5. The molecule has 1 rings (SSSR count). The van der Waals surface area contributed by atoms with E-state index in [-0.39, 0.29) is 5.92 Å². The highest BCUT2D eigenvalue weighted by Gasteiger charge is 2.48. The minimum Gasteiger partial charge on any atom is -0.480 e. The number of nitrogens with zero attached hydrogens (tertiary/aromatic N) is 1. The second-order valence-electron chi connectivity index (χ2n) is 4.65. The zero-order valence-electron chi connectivity index (χ0n) is 9.61. The van der Waals surface area contributed by atoms with Gasteiger partial charge in [-0.15, -0.1) is 0 Å². The van der Waals surface area contributed by atoms with Gasteiger partial charge >= 0.3 is 12.0 Å². The topological polar surface area (TPSA) is 86.7 Å². The predicted molar refractivity (Wildman–Crippen MR) is 55.7 cm³/mol. The lowest BCUT2D eigenvalue weighted by molar-refractivity contribution is -0.142. The van der Waals surface area contributed by atoms with E-state index in [0.29, 0.717) is 6.42 Å². The third-order valence-corrected chi connectivity index (χ3v) is 2.46.